The summed E-state index contributed by atoms with van der Waals surface area (Å²) in [5.74, 6) is -1.20. The Kier molecular flexibility index (Phi) is 3.17. The van der Waals surface area contributed by atoms with Gasteiger partial charge in [-0.05, 0) is 6.07 Å². The van der Waals surface area contributed by atoms with Crippen molar-refractivity contribution in [1.82, 2.24) is 4.98 Å². The fourth-order valence-corrected chi connectivity index (χ4v) is 1.01. The Morgan fingerprint density at radius 3 is 2.56 bits per heavy atom. The molecule has 0 unspecified atom stereocenters. The van der Waals surface area contributed by atoms with Crippen molar-refractivity contribution in [2.75, 3.05) is 5.73 Å². The predicted octanol–water partition coefficient (Wildman–Crippen LogP) is 1.90. The number of anilines is 1. The molecule has 0 saturated carbocycles. The molecule has 86 valence electrons. The molecule has 8 heteroatoms. The number of hydrogen-bond acceptors (Lipinski definition) is 4. The van der Waals surface area contributed by atoms with Crippen molar-refractivity contribution in [3.63, 3.8) is 0 Å². The van der Waals surface area contributed by atoms with Gasteiger partial charge >= 0.3 is 6.36 Å². The molecule has 16 heavy (non-hydrogen) atoms. The zero-order chi connectivity index (χ0) is 12.3. The second-order valence-electron chi connectivity index (χ2n) is 2.68. The molecule has 0 amide bonds. The Labute approximate surface area is 87.3 Å². The molecule has 2 N–H and O–H groups in total. The van der Waals surface area contributed by atoms with Gasteiger partial charge in [-0.25, -0.2) is 9.37 Å². The smallest absolute Gasteiger partial charge is 0.402 e. The molecule has 0 aromatic carbocycles. The van der Waals surface area contributed by atoms with Gasteiger partial charge in [0.05, 0.1) is 0 Å². The van der Waals surface area contributed by atoms with E-state index in [-0.39, 0.29) is 5.82 Å². The average Bonchev–Trinajstić information content (AvgIpc) is 2.18. The van der Waals surface area contributed by atoms with Gasteiger partial charge in [-0.2, -0.15) is 5.26 Å². The maximum absolute atomic E-state index is 12.4. The third-order valence-electron chi connectivity index (χ3n) is 1.54. The topological polar surface area (TPSA) is 71.9 Å². The number of nitrogens with zero attached hydrogens (tertiary/aromatic N) is 2. The lowest BCUT2D eigenvalue weighted by Gasteiger charge is -2.12. The standard InChI is InChI=1S/C8H5F4N3O/c9-2-4-1-6(14)15-5(3-13)7(4)16-8(10,11)12/h1H,2H2,(H2,14,15). The van der Waals surface area contributed by atoms with E-state index in [1.807, 2.05) is 0 Å². The maximum Gasteiger partial charge on any atom is 0.573 e. The van der Waals surface area contributed by atoms with E-state index in [2.05, 4.69) is 9.72 Å². The van der Waals surface area contributed by atoms with Crippen molar-refractivity contribution >= 4 is 5.82 Å². The molecule has 0 bridgehead atoms. The quantitative estimate of drug-likeness (QED) is 0.794. The number of halogens is 4. The van der Waals surface area contributed by atoms with Crippen LogP contribution in [0.2, 0.25) is 0 Å². The van der Waals surface area contributed by atoms with Crippen LogP contribution < -0.4 is 10.5 Å². The summed E-state index contributed by atoms with van der Waals surface area (Å²) in [5, 5.41) is 8.52. The Bertz CT molecular complexity index is 438. The van der Waals surface area contributed by atoms with Crippen molar-refractivity contribution < 1.29 is 22.3 Å². The van der Waals surface area contributed by atoms with Gasteiger partial charge in [-0.3, -0.25) is 0 Å². The molecular weight excluding hydrogens is 230 g/mol. The summed E-state index contributed by atoms with van der Waals surface area (Å²) in [5.41, 5.74) is 4.00. The summed E-state index contributed by atoms with van der Waals surface area (Å²) >= 11 is 0. The van der Waals surface area contributed by atoms with E-state index < -0.39 is 30.0 Å². The largest absolute Gasteiger partial charge is 0.573 e. The molecule has 0 spiro atoms. The first-order valence-electron chi connectivity index (χ1n) is 3.88. The monoisotopic (exact) mass is 235 g/mol. The number of aromatic nitrogens is 1. The average molecular weight is 235 g/mol. The fourth-order valence-electron chi connectivity index (χ4n) is 1.01. The Hall–Kier alpha value is -2.04. The highest BCUT2D eigenvalue weighted by atomic mass is 19.4. The third kappa shape index (κ3) is 2.73. The Balaban J connectivity index is 3.29. The van der Waals surface area contributed by atoms with Crippen LogP contribution in [-0.2, 0) is 6.67 Å². The van der Waals surface area contributed by atoms with Crippen LogP contribution in [0.3, 0.4) is 0 Å². The number of nitrogen functional groups attached to an aromatic ring is 1. The predicted molar refractivity (Wildman–Crippen MR) is 44.9 cm³/mol. The number of alkyl halides is 4. The molecule has 1 aromatic heterocycles. The van der Waals surface area contributed by atoms with Gasteiger partial charge < -0.3 is 10.5 Å². The SMILES string of the molecule is N#Cc1nc(N)cc(CF)c1OC(F)(F)F. The molecule has 0 atom stereocenters. The molecule has 1 heterocycles. The number of pyridine rings is 1. The maximum atomic E-state index is 12.4. The second kappa shape index (κ2) is 4.22. The Morgan fingerprint density at radius 1 is 1.50 bits per heavy atom. The highest BCUT2D eigenvalue weighted by Gasteiger charge is 2.34. The highest BCUT2D eigenvalue weighted by molar-refractivity contribution is 5.50. The van der Waals surface area contributed by atoms with E-state index in [4.69, 9.17) is 11.0 Å². The van der Waals surface area contributed by atoms with Gasteiger partial charge in [0.15, 0.2) is 11.4 Å². The lowest BCUT2D eigenvalue weighted by molar-refractivity contribution is -0.275. The van der Waals surface area contributed by atoms with E-state index in [0.717, 1.165) is 6.07 Å². The van der Waals surface area contributed by atoms with Crippen LogP contribution in [0.4, 0.5) is 23.4 Å². The fraction of sp³-hybridized carbons (Fsp3) is 0.250. The molecular formula is C8H5F4N3O. The van der Waals surface area contributed by atoms with Crippen LogP contribution in [0.5, 0.6) is 5.75 Å². The summed E-state index contributed by atoms with van der Waals surface area (Å²) < 4.78 is 51.8. The summed E-state index contributed by atoms with van der Waals surface area (Å²) in [6, 6.07) is 2.23. The first kappa shape index (κ1) is 12.0. The van der Waals surface area contributed by atoms with Crippen molar-refractivity contribution in [3.8, 4) is 11.8 Å². The van der Waals surface area contributed by atoms with Crippen molar-refractivity contribution in [3.05, 3.63) is 17.3 Å². The Morgan fingerprint density at radius 2 is 2.12 bits per heavy atom. The molecule has 0 fully saturated rings. The van der Waals surface area contributed by atoms with E-state index in [1.54, 1.807) is 0 Å². The normalized spacial score (nSPS) is 10.9. The minimum atomic E-state index is -5.02. The van der Waals surface area contributed by atoms with Crippen molar-refractivity contribution in [1.29, 1.82) is 5.26 Å². The molecule has 1 rings (SSSR count). The molecule has 0 saturated heterocycles. The summed E-state index contributed by atoms with van der Waals surface area (Å²) in [6.07, 6.45) is -5.02. The molecule has 0 aliphatic rings. The lowest BCUT2D eigenvalue weighted by atomic mass is 10.2. The van der Waals surface area contributed by atoms with E-state index in [1.165, 1.54) is 6.07 Å². The third-order valence-corrected chi connectivity index (χ3v) is 1.54. The van der Waals surface area contributed by atoms with Crippen LogP contribution in [0.25, 0.3) is 0 Å². The van der Waals surface area contributed by atoms with Gasteiger partial charge in [0, 0.05) is 5.56 Å². The van der Waals surface area contributed by atoms with Gasteiger partial charge in [0.25, 0.3) is 0 Å². The van der Waals surface area contributed by atoms with Crippen LogP contribution >= 0.6 is 0 Å². The number of ether oxygens (including phenoxy) is 1. The zero-order valence-corrected chi connectivity index (χ0v) is 7.68. The summed E-state index contributed by atoms with van der Waals surface area (Å²) in [6.45, 7) is -1.24. The van der Waals surface area contributed by atoms with Gasteiger partial charge in [-0.1, -0.05) is 0 Å². The molecule has 0 aliphatic carbocycles. The first-order chi connectivity index (χ1) is 7.37. The second-order valence-corrected chi connectivity index (χ2v) is 2.68. The summed E-state index contributed by atoms with van der Waals surface area (Å²) in [7, 11) is 0. The minimum absolute atomic E-state index is 0.251. The number of hydrogen-bond donors (Lipinski definition) is 1. The van der Waals surface area contributed by atoms with Crippen LogP contribution in [0.1, 0.15) is 11.3 Å². The number of rotatable bonds is 2. The lowest BCUT2D eigenvalue weighted by Crippen LogP contribution is -2.19. The van der Waals surface area contributed by atoms with Gasteiger partial charge in [0.1, 0.15) is 18.6 Å². The van der Waals surface area contributed by atoms with Crippen molar-refractivity contribution in [2.24, 2.45) is 0 Å². The van der Waals surface area contributed by atoms with Crippen molar-refractivity contribution in [2.45, 2.75) is 13.0 Å². The van der Waals surface area contributed by atoms with E-state index in [0.29, 0.717) is 0 Å². The van der Waals surface area contributed by atoms with Gasteiger partial charge in [-0.15, -0.1) is 13.2 Å². The number of nitriles is 1. The highest BCUT2D eigenvalue weighted by Crippen LogP contribution is 2.30. The van der Waals surface area contributed by atoms with E-state index >= 15 is 0 Å². The van der Waals surface area contributed by atoms with Crippen LogP contribution in [-0.4, -0.2) is 11.3 Å². The first-order valence-corrected chi connectivity index (χ1v) is 3.88. The van der Waals surface area contributed by atoms with Crippen LogP contribution in [0.15, 0.2) is 6.07 Å². The minimum Gasteiger partial charge on any atom is -0.402 e. The number of nitrogens with two attached hydrogens (primary N) is 1. The van der Waals surface area contributed by atoms with E-state index in [9.17, 15) is 17.6 Å². The zero-order valence-electron chi connectivity index (χ0n) is 7.68. The van der Waals surface area contributed by atoms with Crippen LogP contribution in [0, 0.1) is 11.3 Å². The molecule has 4 nitrogen and oxygen atoms in total. The molecule has 1 aromatic rings. The molecule has 0 aliphatic heterocycles. The molecule has 0 radical (unpaired) electrons. The van der Waals surface area contributed by atoms with Gasteiger partial charge in [0.2, 0.25) is 0 Å². The summed E-state index contributed by atoms with van der Waals surface area (Å²) in [4.78, 5) is 3.31.